The van der Waals surface area contributed by atoms with Gasteiger partial charge in [-0.25, -0.2) is 0 Å². The van der Waals surface area contributed by atoms with Crippen molar-refractivity contribution in [2.45, 2.75) is 45.1 Å². The van der Waals surface area contributed by atoms with Gasteiger partial charge < -0.3 is 9.64 Å². The summed E-state index contributed by atoms with van der Waals surface area (Å²) in [6.45, 7) is 2.41. The van der Waals surface area contributed by atoms with Gasteiger partial charge in [-0.1, -0.05) is 30.5 Å². The fraction of sp³-hybridized carbons (Fsp3) is 0.529. The third-order valence-corrected chi connectivity index (χ3v) is 4.08. The van der Waals surface area contributed by atoms with Crippen LogP contribution in [0.1, 0.15) is 48.0 Å². The summed E-state index contributed by atoms with van der Waals surface area (Å²) in [6, 6.07) is 7.88. The van der Waals surface area contributed by atoms with Gasteiger partial charge in [0.1, 0.15) is 0 Å². The molecule has 114 valence electrons. The van der Waals surface area contributed by atoms with Gasteiger partial charge in [0.05, 0.1) is 13.5 Å². The molecule has 1 fully saturated rings. The standard InChI is InChI=1S/C17H23NO3/c1-13-6-5-7-14(12-13)17(20)18(11-10-16(19)21-2)15-8-3-4-9-15/h5-7,12,15H,3-4,8-11H2,1-2H3. The lowest BCUT2D eigenvalue weighted by Gasteiger charge is -2.29. The molecule has 0 bridgehead atoms. The summed E-state index contributed by atoms with van der Waals surface area (Å²) in [5, 5.41) is 0. The molecule has 21 heavy (non-hydrogen) atoms. The van der Waals surface area contributed by atoms with E-state index in [1.54, 1.807) is 0 Å². The average Bonchev–Trinajstić information content (AvgIpc) is 3.01. The zero-order valence-corrected chi connectivity index (χ0v) is 12.8. The summed E-state index contributed by atoms with van der Waals surface area (Å²) < 4.78 is 4.69. The molecule has 4 heteroatoms. The summed E-state index contributed by atoms with van der Waals surface area (Å²) in [7, 11) is 1.38. The SMILES string of the molecule is COC(=O)CCN(C(=O)c1cccc(C)c1)C1CCCC1. The molecule has 1 aliphatic carbocycles. The first kappa shape index (κ1) is 15.5. The number of carbonyl (C=O) groups excluding carboxylic acids is 2. The highest BCUT2D eigenvalue weighted by atomic mass is 16.5. The molecule has 0 saturated heterocycles. The van der Waals surface area contributed by atoms with Crippen LogP contribution >= 0.6 is 0 Å². The number of hydrogen-bond donors (Lipinski definition) is 0. The van der Waals surface area contributed by atoms with E-state index >= 15 is 0 Å². The largest absolute Gasteiger partial charge is 0.469 e. The summed E-state index contributed by atoms with van der Waals surface area (Å²) in [5.41, 5.74) is 1.77. The molecule has 0 aromatic heterocycles. The monoisotopic (exact) mass is 289 g/mol. The predicted molar refractivity (Wildman–Crippen MR) is 81.1 cm³/mol. The van der Waals surface area contributed by atoms with Gasteiger partial charge in [0, 0.05) is 18.2 Å². The molecule has 1 amide bonds. The van der Waals surface area contributed by atoms with Gasteiger partial charge in [0.25, 0.3) is 5.91 Å². The van der Waals surface area contributed by atoms with Crippen LogP contribution in [0.4, 0.5) is 0 Å². The van der Waals surface area contributed by atoms with Crippen LogP contribution in [0.3, 0.4) is 0 Å². The predicted octanol–water partition coefficient (Wildman–Crippen LogP) is 2.94. The second-order valence-corrected chi connectivity index (χ2v) is 5.63. The van der Waals surface area contributed by atoms with E-state index in [0.717, 1.165) is 31.2 Å². The third-order valence-electron chi connectivity index (χ3n) is 4.08. The van der Waals surface area contributed by atoms with E-state index in [4.69, 9.17) is 4.74 Å². The summed E-state index contributed by atoms with van der Waals surface area (Å²) in [6.07, 6.45) is 4.61. The van der Waals surface area contributed by atoms with E-state index in [9.17, 15) is 9.59 Å². The maximum atomic E-state index is 12.8. The lowest BCUT2D eigenvalue weighted by atomic mass is 10.1. The van der Waals surface area contributed by atoms with Crippen LogP contribution in [0.25, 0.3) is 0 Å². The first-order valence-electron chi connectivity index (χ1n) is 7.56. The molecule has 0 spiro atoms. The quantitative estimate of drug-likeness (QED) is 0.783. The fourth-order valence-electron chi connectivity index (χ4n) is 2.92. The van der Waals surface area contributed by atoms with Crippen LogP contribution in [-0.2, 0) is 9.53 Å². The van der Waals surface area contributed by atoms with E-state index in [1.165, 1.54) is 7.11 Å². The number of hydrogen-bond acceptors (Lipinski definition) is 3. The molecule has 0 heterocycles. The molecule has 0 atom stereocenters. The summed E-state index contributed by atoms with van der Waals surface area (Å²) >= 11 is 0. The number of benzene rings is 1. The Morgan fingerprint density at radius 1 is 1.29 bits per heavy atom. The minimum absolute atomic E-state index is 0.0227. The second-order valence-electron chi connectivity index (χ2n) is 5.63. The van der Waals surface area contributed by atoms with Crippen molar-refractivity contribution in [1.82, 2.24) is 4.90 Å². The van der Waals surface area contributed by atoms with E-state index in [0.29, 0.717) is 12.1 Å². The second kappa shape index (κ2) is 7.25. The highest BCUT2D eigenvalue weighted by molar-refractivity contribution is 5.94. The normalized spacial score (nSPS) is 15.0. The van der Waals surface area contributed by atoms with Gasteiger partial charge in [-0.05, 0) is 31.9 Å². The lowest BCUT2D eigenvalue weighted by Crippen LogP contribution is -2.40. The van der Waals surface area contributed by atoms with Crippen molar-refractivity contribution in [1.29, 1.82) is 0 Å². The molecule has 4 nitrogen and oxygen atoms in total. The molecule has 0 aliphatic heterocycles. The number of methoxy groups -OCH3 is 1. The number of rotatable bonds is 5. The highest BCUT2D eigenvalue weighted by Gasteiger charge is 2.27. The number of ether oxygens (including phenoxy) is 1. The molecule has 1 aliphatic rings. The first-order chi connectivity index (χ1) is 10.1. The molecular formula is C17H23NO3. The Morgan fingerprint density at radius 3 is 2.62 bits per heavy atom. The van der Waals surface area contributed by atoms with Gasteiger partial charge >= 0.3 is 5.97 Å². The Morgan fingerprint density at radius 2 is 2.00 bits per heavy atom. The van der Waals surface area contributed by atoms with E-state index in [1.807, 2.05) is 36.1 Å². The van der Waals surface area contributed by atoms with Crippen molar-refractivity contribution >= 4 is 11.9 Å². The molecular weight excluding hydrogens is 266 g/mol. The summed E-state index contributed by atoms with van der Waals surface area (Å²) in [5.74, 6) is -0.246. The Bertz CT molecular complexity index is 507. The van der Waals surface area contributed by atoms with Crippen LogP contribution in [0.15, 0.2) is 24.3 Å². The molecule has 1 aromatic carbocycles. The van der Waals surface area contributed by atoms with Crippen molar-refractivity contribution in [2.24, 2.45) is 0 Å². The van der Waals surface area contributed by atoms with Crippen LogP contribution in [-0.4, -0.2) is 36.5 Å². The number of nitrogens with zero attached hydrogens (tertiary/aromatic N) is 1. The van der Waals surface area contributed by atoms with Crippen LogP contribution < -0.4 is 0 Å². The maximum absolute atomic E-state index is 12.8. The number of amides is 1. The first-order valence-corrected chi connectivity index (χ1v) is 7.56. The van der Waals surface area contributed by atoms with Crippen molar-refractivity contribution in [3.8, 4) is 0 Å². The third kappa shape index (κ3) is 4.06. The van der Waals surface area contributed by atoms with Crippen LogP contribution in [0.5, 0.6) is 0 Å². The van der Waals surface area contributed by atoms with Gasteiger partial charge in [-0.3, -0.25) is 9.59 Å². The molecule has 0 radical (unpaired) electrons. The average molecular weight is 289 g/mol. The molecule has 0 N–H and O–H groups in total. The number of aryl methyl sites for hydroxylation is 1. The van der Waals surface area contributed by atoms with E-state index in [-0.39, 0.29) is 24.3 Å². The number of carbonyl (C=O) groups is 2. The van der Waals surface area contributed by atoms with Crippen molar-refractivity contribution in [2.75, 3.05) is 13.7 Å². The molecule has 2 rings (SSSR count). The molecule has 0 unspecified atom stereocenters. The molecule has 1 aromatic rings. The number of esters is 1. The van der Waals surface area contributed by atoms with Crippen LogP contribution in [0, 0.1) is 6.92 Å². The highest BCUT2D eigenvalue weighted by Crippen LogP contribution is 2.25. The van der Waals surface area contributed by atoms with Gasteiger partial charge in [0.15, 0.2) is 0 Å². The van der Waals surface area contributed by atoms with Crippen molar-refractivity contribution in [3.05, 3.63) is 35.4 Å². The topological polar surface area (TPSA) is 46.6 Å². The summed E-state index contributed by atoms with van der Waals surface area (Å²) in [4.78, 5) is 26.0. The smallest absolute Gasteiger partial charge is 0.307 e. The Labute approximate surface area is 126 Å². The van der Waals surface area contributed by atoms with Gasteiger partial charge in [-0.2, -0.15) is 0 Å². The Balaban J connectivity index is 2.13. The van der Waals surface area contributed by atoms with Gasteiger partial charge in [-0.15, -0.1) is 0 Å². The van der Waals surface area contributed by atoms with E-state index in [2.05, 4.69) is 0 Å². The van der Waals surface area contributed by atoms with Gasteiger partial charge in [0.2, 0.25) is 0 Å². The fourth-order valence-corrected chi connectivity index (χ4v) is 2.92. The zero-order valence-electron chi connectivity index (χ0n) is 12.8. The Hall–Kier alpha value is -1.84. The Kier molecular flexibility index (Phi) is 5.37. The zero-order chi connectivity index (χ0) is 15.2. The minimum Gasteiger partial charge on any atom is -0.469 e. The maximum Gasteiger partial charge on any atom is 0.307 e. The van der Waals surface area contributed by atoms with E-state index < -0.39 is 0 Å². The van der Waals surface area contributed by atoms with Crippen molar-refractivity contribution in [3.63, 3.8) is 0 Å². The lowest BCUT2D eigenvalue weighted by molar-refractivity contribution is -0.140. The van der Waals surface area contributed by atoms with Crippen LogP contribution in [0.2, 0.25) is 0 Å². The van der Waals surface area contributed by atoms with Crippen molar-refractivity contribution < 1.29 is 14.3 Å². The minimum atomic E-state index is -0.268. The molecule has 1 saturated carbocycles.